The van der Waals surface area contributed by atoms with Crippen LogP contribution in [0, 0.1) is 11.8 Å². The quantitative estimate of drug-likeness (QED) is 0.792. The first kappa shape index (κ1) is 19.7. The van der Waals surface area contributed by atoms with Crippen LogP contribution in [-0.2, 0) is 9.59 Å². The van der Waals surface area contributed by atoms with Gasteiger partial charge in [-0.3, -0.25) is 9.59 Å². The summed E-state index contributed by atoms with van der Waals surface area (Å²) in [6, 6.07) is 10.3. The molecule has 0 bridgehead atoms. The third kappa shape index (κ3) is 4.28. The van der Waals surface area contributed by atoms with E-state index in [1.807, 2.05) is 23.1 Å². The number of fused-ring (bicyclic) bond motifs is 1. The van der Waals surface area contributed by atoms with Gasteiger partial charge in [0, 0.05) is 38.4 Å². The van der Waals surface area contributed by atoms with Gasteiger partial charge in [-0.15, -0.1) is 22.6 Å². The molecule has 27 heavy (non-hydrogen) atoms. The van der Waals surface area contributed by atoms with E-state index >= 15 is 0 Å². The zero-order valence-electron chi connectivity index (χ0n) is 14.7. The lowest BCUT2D eigenvalue weighted by Gasteiger charge is -2.28. The Kier molecular flexibility index (Phi) is 6.41. The number of carbonyl (C=O) groups is 2. The van der Waals surface area contributed by atoms with Crippen LogP contribution in [-0.4, -0.2) is 46.5 Å². The predicted molar refractivity (Wildman–Crippen MR) is 106 cm³/mol. The van der Waals surface area contributed by atoms with E-state index in [0.29, 0.717) is 17.0 Å². The SMILES string of the molecule is Cl.O=C(CCC(=O)N1C[C@@H]2CNC[C@@H]2[C@H]1c1ccccc1)Nc1nncs1. The molecule has 3 atom stereocenters. The fraction of sp³-hybridized carbons (Fsp3) is 0.444. The van der Waals surface area contributed by atoms with Crippen molar-refractivity contribution in [1.29, 1.82) is 0 Å². The zero-order valence-corrected chi connectivity index (χ0v) is 16.3. The van der Waals surface area contributed by atoms with Crippen molar-refractivity contribution in [2.75, 3.05) is 25.0 Å². The Hall–Kier alpha value is -2.03. The zero-order chi connectivity index (χ0) is 17.9. The normalized spacial score (nSPS) is 23.6. The summed E-state index contributed by atoms with van der Waals surface area (Å²) < 4.78 is 0. The monoisotopic (exact) mass is 407 g/mol. The van der Waals surface area contributed by atoms with Crippen LogP contribution in [0.1, 0.15) is 24.4 Å². The van der Waals surface area contributed by atoms with Gasteiger partial charge in [-0.2, -0.15) is 0 Å². The summed E-state index contributed by atoms with van der Waals surface area (Å²) in [5, 5.41) is 14.1. The van der Waals surface area contributed by atoms with Gasteiger partial charge in [0.05, 0.1) is 6.04 Å². The number of carbonyl (C=O) groups excluding carboxylic acids is 2. The van der Waals surface area contributed by atoms with Gasteiger partial charge in [0.1, 0.15) is 5.51 Å². The number of hydrogen-bond acceptors (Lipinski definition) is 6. The van der Waals surface area contributed by atoms with Crippen LogP contribution < -0.4 is 10.6 Å². The number of anilines is 1. The lowest BCUT2D eigenvalue weighted by Crippen LogP contribution is -2.35. The van der Waals surface area contributed by atoms with Crippen LogP contribution >= 0.6 is 23.7 Å². The van der Waals surface area contributed by atoms with Crippen LogP contribution in [0.3, 0.4) is 0 Å². The highest BCUT2D eigenvalue weighted by Gasteiger charge is 2.46. The highest BCUT2D eigenvalue weighted by Crippen LogP contribution is 2.42. The molecular weight excluding hydrogens is 386 g/mol. The van der Waals surface area contributed by atoms with Gasteiger partial charge in [-0.1, -0.05) is 41.7 Å². The molecule has 2 N–H and O–H groups in total. The molecule has 2 aromatic rings. The molecule has 7 nitrogen and oxygen atoms in total. The predicted octanol–water partition coefficient (Wildman–Crippen LogP) is 2.10. The summed E-state index contributed by atoms with van der Waals surface area (Å²) in [4.78, 5) is 26.9. The van der Waals surface area contributed by atoms with Crippen molar-refractivity contribution in [2.24, 2.45) is 11.8 Å². The van der Waals surface area contributed by atoms with Crippen molar-refractivity contribution in [3.05, 3.63) is 41.4 Å². The molecule has 1 aromatic heterocycles. The lowest BCUT2D eigenvalue weighted by molar-refractivity contribution is -0.134. The number of aromatic nitrogens is 2. The summed E-state index contributed by atoms with van der Waals surface area (Å²) >= 11 is 1.26. The third-order valence-electron chi connectivity index (χ3n) is 5.20. The van der Waals surface area contributed by atoms with Gasteiger partial charge in [0.2, 0.25) is 16.9 Å². The van der Waals surface area contributed by atoms with E-state index in [-0.39, 0.29) is 43.1 Å². The number of nitrogens with one attached hydrogen (secondary N) is 2. The lowest BCUT2D eigenvalue weighted by atomic mass is 9.89. The Bertz CT molecular complexity index is 773. The maximum Gasteiger partial charge on any atom is 0.226 e. The third-order valence-corrected chi connectivity index (χ3v) is 5.81. The Morgan fingerprint density at radius 2 is 2.04 bits per heavy atom. The van der Waals surface area contributed by atoms with Crippen LogP contribution in [0.15, 0.2) is 35.8 Å². The van der Waals surface area contributed by atoms with E-state index < -0.39 is 0 Å². The topological polar surface area (TPSA) is 87.2 Å². The fourth-order valence-electron chi connectivity index (χ4n) is 4.03. The minimum Gasteiger partial charge on any atom is -0.335 e. The van der Waals surface area contributed by atoms with Gasteiger partial charge >= 0.3 is 0 Å². The standard InChI is InChI=1S/C18H21N5O2S.ClH/c24-15(21-18-22-20-11-26-18)6-7-16(25)23-10-13-8-19-9-14(13)17(23)12-4-2-1-3-5-12;/h1-5,11,13-14,17,19H,6-10H2,(H,21,22,24);1H/t13-,14-,17+;/m0./s1. The van der Waals surface area contributed by atoms with Crippen LogP contribution in [0.2, 0.25) is 0 Å². The van der Waals surface area contributed by atoms with Crippen molar-refractivity contribution < 1.29 is 9.59 Å². The fourth-order valence-corrected chi connectivity index (χ4v) is 4.49. The van der Waals surface area contributed by atoms with E-state index in [1.54, 1.807) is 5.51 Å². The average molecular weight is 408 g/mol. The first-order valence-electron chi connectivity index (χ1n) is 8.83. The van der Waals surface area contributed by atoms with Crippen LogP contribution in [0.25, 0.3) is 0 Å². The molecule has 2 saturated heterocycles. The Morgan fingerprint density at radius 1 is 1.22 bits per heavy atom. The molecule has 0 saturated carbocycles. The Morgan fingerprint density at radius 3 is 2.78 bits per heavy atom. The highest BCUT2D eigenvalue weighted by atomic mass is 35.5. The maximum absolute atomic E-state index is 12.9. The van der Waals surface area contributed by atoms with Crippen molar-refractivity contribution >= 4 is 40.7 Å². The summed E-state index contributed by atoms with van der Waals surface area (Å²) in [7, 11) is 0. The molecule has 2 amide bonds. The largest absolute Gasteiger partial charge is 0.335 e. The first-order valence-corrected chi connectivity index (χ1v) is 9.71. The molecule has 1 aromatic carbocycles. The van der Waals surface area contributed by atoms with Crippen molar-refractivity contribution in [3.63, 3.8) is 0 Å². The number of hydrogen-bond donors (Lipinski definition) is 2. The van der Waals surface area contributed by atoms with Gasteiger partial charge in [-0.05, 0) is 11.5 Å². The van der Waals surface area contributed by atoms with Gasteiger partial charge in [0.15, 0.2) is 0 Å². The second kappa shape index (κ2) is 8.77. The van der Waals surface area contributed by atoms with Gasteiger partial charge < -0.3 is 15.5 Å². The Balaban J connectivity index is 0.00000210. The van der Waals surface area contributed by atoms with Crippen molar-refractivity contribution in [2.45, 2.75) is 18.9 Å². The van der Waals surface area contributed by atoms with E-state index in [9.17, 15) is 9.59 Å². The molecular formula is C18H22ClN5O2S. The minimum absolute atomic E-state index is 0. The molecule has 4 rings (SSSR count). The molecule has 0 unspecified atom stereocenters. The number of benzene rings is 1. The summed E-state index contributed by atoms with van der Waals surface area (Å²) in [5.74, 6) is 0.768. The van der Waals surface area contributed by atoms with Crippen LogP contribution in [0.5, 0.6) is 0 Å². The van der Waals surface area contributed by atoms with E-state index in [0.717, 1.165) is 19.6 Å². The van der Waals surface area contributed by atoms with Crippen molar-refractivity contribution in [3.8, 4) is 0 Å². The smallest absolute Gasteiger partial charge is 0.226 e. The van der Waals surface area contributed by atoms with Crippen LogP contribution in [0.4, 0.5) is 5.13 Å². The average Bonchev–Trinajstić information content (AvgIpc) is 3.37. The highest BCUT2D eigenvalue weighted by molar-refractivity contribution is 7.13. The van der Waals surface area contributed by atoms with E-state index in [1.165, 1.54) is 16.9 Å². The number of nitrogens with zero attached hydrogens (tertiary/aromatic N) is 3. The second-order valence-corrected chi connectivity index (χ2v) is 7.61. The van der Waals surface area contributed by atoms with Crippen molar-refractivity contribution in [1.82, 2.24) is 20.4 Å². The van der Waals surface area contributed by atoms with E-state index in [2.05, 4.69) is 33.0 Å². The molecule has 0 aliphatic carbocycles. The van der Waals surface area contributed by atoms with Gasteiger partial charge in [-0.25, -0.2) is 0 Å². The summed E-state index contributed by atoms with van der Waals surface area (Å²) in [6.45, 7) is 2.65. The number of rotatable bonds is 5. The molecule has 144 valence electrons. The molecule has 0 spiro atoms. The van der Waals surface area contributed by atoms with E-state index in [4.69, 9.17) is 0 Å². The molecule has 0 radical (unpaired) electrons. The number of amides is 2. The molecule has 2 aliphatic rings. The summed E-state index contributed by atoms with van der Waals surface area (Å²) in [5.41, 5.74) is 2.73. The number of halogens is 1. The number of likely N-dealkylation sites (tertiary alicyclic amines) is 1. The second-order valence-electron chi connectivity index (χ2n) is 6.78. The Labute approximate surface area is 168 Å². The molecule has 3 heterocycles. The summed E-state index contributed by atoms with van der Waals surface area (Å²) in [6.07, 6.45) is 0.366. The minimum atomic E-state index is -0.201. The molecule has 9 heteroatoms. The van der Waals surface area contributed by atoms with Gasteiger partial charge in [0.25, 0.3) is 0 Å². The first-order chi connectivity index (χ1) is 12.7. The molecule has 2 aliphatic heterocycles. The molecule has 2 fully saturated rings. The maximum atomic E-state index is 12.9.